The number of rotatable bonds is 3. The summed E-state index contributed by atoms with van der Waals surface area (Å²) in [6.07, 6.45) is 1.86. The number of hydrogen-bond acceptors (Lipinski definition) is 1. The third kappa shape index (κ3) is 3.10. The van der Waals surface area contributed by atoms with Crippen LogP contribution in [-0.2, 0) is 5.41 Å². The van der Waals surface area contributed by atoms with E-state index in [9.17, 15) is 0 Å². The molecule has 0 saturated carbocycles. The van der Waals surface area contributed by atoms with Crippen molar-refractivity contribution < 1.29 is 4.52 Å². The highest BCUT2D eigenvalue weighted by atomic mass is 31.0. The molecule has 0 amide bonds. The normalized spacial score (nSPS) is 11.7. The second-order valence-corrected chi connectivity index (χ2v) is 5.95. The molecule has 1 nitrogen and oxygen atoms in total. The summed E-state index contributed by atoms with van der Waals surface area (Å²) in [5.74, 6) is 1.36. The van der Waals surface area contributed by atoms with E-state index in [4.69, 9.17) is 4.52 Å². The van der Waals surface area contributed by atoms with Gasteiger partial charge in [-0.3, -0.25) is 0 Å². The average molecular weight is 250 g/mol. The molecule has 0 saturated heterocycles. The first kappa shape index (κ1) is 14.3. The Balaban J connectivity index is 3.51. The van der Waals surface area contributed by atoms with E-state index in [1.807, 2.05) is 6.08 Å². The van der Waals surface area contributed by atoms with Crippen LogP contribution in [0.5, 0.6) is 5.75 Å². The lowest BCUT2D eigenvalue weighted by molar-refractivity contribution is 0.580. The molecule has 1 aromatic carbocycles. The Hall–Kier alpha value is -0.810. The van der Waals surface area contributed by atoms with E-state index in [2.05, 4.69) is 62.8 Å². The lowest BCUT2D eigenvalue weighted by atomic mass is 9.83. The molecule has 1 aromatic rings. The van der Waals surface area contributed by atoms with Crippen molar-refractivity contribution in [2.45, 2.75) is 46.0 Å². The number of benzene rings is 1. The molecule has 1 unspecified atom stereocenters. The van der Waals surface area contributed by atoms with Crippen molar-refractivity contribution in [3.05, 3.63) is 35.4 Å². The maximum atomic E-state index is 5.44. The topological polar surface area (TPSA) is 9.23 Å². The Morgan fingerprint density at radius 2 is 1.88 bits per heavy atom. The fraction of sp³-hybridized carbons (Fsp3) is 0.467. The van der Waals surface area contributed by atoms with Crippen LogP contribution in [0.4, 0.5) is 0 Å². The van der Waals surface area contributed by atoms with Crippen molar-refractivity contribution in [3.8, 4) is 5.75 Å². The second-order valence-electron chi connectivity index (χ2n) is 5.71. The van der Waals surface area contributed by atoms with Crippen LogP contribution < -0.4 is 4.52 Å². The Bertz CT molecular complexity index is 414. The van der Waals surface area contributed by atoms with Crippen LogP contribution >= 0.6 is 9.47 Å². The molecule has 2 heteroatoms. The van der Waals surface area contributed by atoms with Gasteiger partial charge in [0.2, 0.25) is 0 Å². The summed E-state index contributed by atoms with van der Waals surface area (Å²) in [5, 5.41) is 0. The van der Waals surface area contributed by atoms with Gasteiger partial charge in [0.05, 0.1) is 9.47 Å². The summed E-state index contributed by atoms with van der Waals surface area (Å²) >= 11 is 0. The highest BCUT2D eigenvalue weighted by Crippen LogP contribution is 2.37. The van der Waals surface area contributed by atoms with Gasteiger partial charge < -0.3 is 4.52 Å². The van der Waals surface area contributed by atoms with Crippen molar-refractivity contribution in [1.29, 1.82) is 0 Å². The predicted octanol–water partition coefficient (Wildman–Crippen LogP) is 4.92. The SMILES string of the molecule is C=Cc1cc(C(C)(C)C)cc(C(C)C)c1OP. The molecule has 0 aliphatic carbocycles. The van der Waals surface area contributed by atoms with Gasteiger partial charge in [-0.25, -0.2) is 0 Å². The fourth-order valence-electron chi connectivity index (χ4n) is 1.82. The van der Waals surface area contributed by atoms with Crippen molar-refractivity contribution in [3.63, 3.8) is 0 Å². The van der Waals surface area contributed by atoms with E-state index in [1.165, 1.54) is 11.1 Å². The first-order valence-electron chi connectivity index (χ1n) is 5.98. The molecule has 1 atom stereocenters. The van der Waals surface area contributed by atoms with E-state index in [0.717, 1.165) is 11.3 Å². The summed E-state index contributed by atoms with van der Waals surface area (Å²) in [7, 11) is 2.34. The molecule has 0 fully saturated rings. The van der Waals surface area contributed by atoms with Gasteiger partial charge in [-0.15, -0.1) is 0 Å². The lowest BCUT2D eigenvalue weighted by Gasteiger charge is -2.24. The van der Waals surface area contributed by atoms with Crippen LogP contribution in [0.15, 0.2) is 18.7 Å². The fourth-order valence-corrected chi connectivity index (χ4v) is 2.10. The van der Waals surface area contributed by atoms with Gasteiger partial charge in [0.15, 0.2) is 0 Å². The first-order chi connectivity index (χ1) is 7.81. The van der Waals surface area contributed by atoms with E-state index in [1.54, 1.807) is 0 Å². The molecule has 0 radical (unpaired) electrons. The van der Waals surface area contributed by atoms with E-state index >= 15 is 0 Å². The van der Waals surface area contributed by atoms with Crippen LogP contribution in [0, 0.1) is 0 Å². The second kappa shape index (κ2) is 5.23. The third-order valence-electron chi connectivity index (χ3n) is 2.97. The van der Waals surface area contributed by atoms with Gasteiger partial charge in [0, 0.05) is 5.56 Å². The molecule has 0 spiro atoms. The van der Waals surface area contributed by atoms with Crippen molar-refractivity contribution in [1.82, 2.24) is 0 Å². The van der Waals surface area contributed by atoms with Gasteiger partial charge in [0.1, 0.15) is 5.75 Å². The van der Waals surface area contributed by atoms with Crippen molar-refractivity contribution in [2.75, 3.05) is 0 Å². The molecule has 1 rings (SSSR count). The zero-order chi connectivity index (χ0) is 13.2. The summed E-state index contributed by atoms with van der Waals surface area (Å²) in [4.78, 5) is 0. The minimum atomic E-state index is 0.140. The monoisotopic (exact) mass is 250 g/mol. The zero-order valence-electron chi connectivity index (χ0n) is 11.5. The standard InChI is InChI=1S/C15H23OP/c1-7-11-8-12(15(4,5)6)9-13(10(2)3)14(11)16-17/h7-10H,1,17H2,2-6H3. The average Bonchev–Trinajstić information content (AvgIpc) is 2.25. The highest BCUT2D eigenvalue weighted by Gasteiger charge is 2.19. The van der Waals surface area contributed by atoms with Crippen LogP contribution in [0.1, 0.15) is 57.2 Å². The molecule has 0 N–H and O–H groups in total. The Morgan fingerprint density at radius 3 is 2.24 bits per heavy atom. The maximum Gasteiger partial charge on any atom is 0.133 e. The van der Waals surface area contributed by atoms with E-state index < -0.39 is 0 Å². The largest absolute Gasteiger partial charge is 0.479 e. The number of hydrogen-bond donors (Lipinski definition) is 0. The summed E-state index contributed by atoms with van der Waals surface area (Å²) in [5.41, 5.74) is 3.77. The van der Waals surface area contributed by atoms with Gasteiger partial charge in [-0.1, -0.05) is 53.3 Å². The Kier molecular flexibility index (Phi) is 4.38. The predicted molar refractivity (Wildman–Crippen MR) is 79.7 cm³/mol. The van der Waals surface area contributed by atoms with E-state index in [-0.39, 0.29) is 5.41 Å². The van der Waals surface area contributed by atoms with Crippen LogP contribution in [-0.4, -0.2) is 0 Å². The van der Waals surface area contributed by atoms with Gasteiger partial charge in [-0.05, 0) is 28.5 Å². The molecule has 0 aliphatic heterocycles. The van der Waals surface area contributed by atoms with Crippen LogP contribution in [0.2, 0.25) is 0 Å². The first-order valence-corrected chi connectivity index (χ1v) is 6.46. The molecule has 17 heavy (non-hydrogen) atoms. The lowest BCUT2D eigenvalue weighted by Crippen LogP contribution is -2.12. The molecule has 94 valence electrons. The maximum absolute atomic E-state index is 5.44. The molecular weight excluding hydrogens is 227 g/mol. The van der Waals surface area contributed by atoms with Gasteiger partial charge in [-0.2, -0.15) is 0 Å². The smallest absolute Gasteiger partial charge is 0.133 e. The Morgan fingerprint density at radius 1 is 1.29 bits per heavy atom. The third-order valence-corrected chi connectivity index (χ3v) is 3.21. The van der Waals surface area contributed by atoms with Crippen molar-refractivity contribution >= 4 is 15.5 Å². The van der Waals surface area contributed by atoms with Crippen LogP contribution in [0.3, 0.4) is 0 Å². The van der Waals surface area contributed by atoms with Gasteiger partial charge in [0.25, 0.3) is 0 Å². The molecule has 0 bridgehead atoms. The summed E-state index contributed by atoms with van der Waals surface area (Å²) in [6, 6.07) is 4.41. The zero-order valence-corrected chi connectivity index (χ0v) is 12.7. The molecule has 0 heterocycles. The Labute approximate surface area is 108 Å². The van der Waals surface area contributed by atoms with Crippen LogP contribution in [0.25, 0.3) is 6.08 Å². The quantitative estimate of drug-likeness (QED) is 0.692. The molecule has 0 aromatic heterocycles. The minimum absolute atomic E-state index is 0.140. The minimum Gasteiger partial charge on any atom is -0.479 e. The summed E-state index contributed by atoms with van der Waals surface area (Å²) < 4.78 is 5.44. The summed E-state index contributed by atoms with van der Waals surface area (Å²) in [6.45, 7) is 14.9. The van der Waals surface area contributed by atoms with Crippen molar-refractivity contribution in [2.24, 2.45) is 0 Å². The van der Waals surface area contributed by atoms with Gasteiger partial charge >= 0.3 is 0 Å². The highest BCUT2D eigenvalue weighted by molar-refractivity contribution is 7.10. The van der Waals surface area contributed by atoms with E-state index in [0.29, 0.717) is 5.92 Å². The molecule has 0 aliphatic rings. The molecular formula is C15H23OP.